The Kier molecular flexibility index (Phi) is 9.65. The van der Waals surface area contributed by atoms with E-state index in [0.29, 0.717) is 32.4 Å². The van der Waals surface area contributed by atoms with Gasteiger partial charge in [0.05, 0.1) is 30.6 Å². The van der Waals surface area contributed by atoms with Gasteiger partial charge in [-0.3, -0.25) is 14.4 Å². The molecule has 5 rings (SSSR count). The first-order valence-electron chi connectivity index (χ1n) is 16.2. The molecular formula is C37H47N3O5. The molecule has 2 unspecified atom stereocenters. The van der Waals surface area contributed by atoms with Crippen molar-refractivity contribution in [3.63, 3.8) is 0 Å². The number of rotatable bonds is 13. The van der Waals surface area contributed by atoms with E-state index in [-0.39, 0.29) is 36.8 Å². The van der Waals surface area contributed by atoms with Crippen LogP contribution in [0.4, 0.5) is 5.69 Å². The van der Waals surface area contributed by atoms with E-state index in [0.717, 1.165) is 22.4 Å². The lowest BCUT2D eigenvalue weighted by molar-refractivity contribution is -0.148. The predicted octanol–water partition coefficient (Wildman–Crippen LogP) is 4.82. The molecule has 2 bridgehead atoms. The van der Waals surface area contributed by atoms with Crippen LogP contribution in [0.5, 0.6) is 0 Å². The normalized spacial score (nSPS) is 26.3. The van der Waals surface area contributed by atoms with Crippen molar-refractivity contribution in [1.29, 1.82) is 0 Å². The zero-order valence-corrected chi connectivity index (χ0v) is 27.0. The largest absolute Gasteiger partial charge is 0.394 e. The van der Waals surface area contributed by atoms with Crippen LogP contribution in [0.15, 0.2) is 73.8 Å². The van der Waals surface area contributed by atoms with Crippen LogP contribution in [0.2, 0.25) is 0 Å². The molecule has 3 aliphatic rings. The average molecular weight is 614 g/mol. The average Bonchev–Trinajstić information content (AvgIpc) is 3.68. The molecule has 7 atom stereocenters. The number of nitrogens with zero attached hydrogens (tertiary/aromatic N) is 3. The highest BCUT2D eigenvalue weighted by atomic mass is 16.5. The fourth-order valence-corrected chi connectivity index (χ4v) is 7.82. The van der Waals surface area contributed by atoms with Gasteiger partial charge in [0, 0.05) is 25.3 Å². The molecule has 0 saturated carbocycles. The number of benzene rings is 2. The van der Waals surface area contributed by atoms with Gasteiger partial charge in [0.15, 0.2) is 0 Å². The molecular weight excluding hydrogens is 566 g/mol. The minimum atomic E-state index is -1.18. The minimum absolute atomic E-state index is 0.0836. The van der Waals surface area contributed by atoms with E-state index < -0.39 is 35.6 Å². The lowest BCUT2D eigenvalue weighted by Gasteiger charge is -2.41. The summed E-state index contributed by atoms with van der Waals surface area (Å²) in [6.45, 7) is 16.4. The number of carbonyl (C=O) groups excluding carboxylic acids is 3. The molecule has 3 saturated heterocycles. The molecule has 3 fully saturated rings. The van der Waals surface area contributed by atoms with E-state index in [4.69, 9.17) is 4.74 Å². The number of aliphatic hydroxyl groups is 1. The number of anilines is 1. The Morgan fingerprint density at radius 1 is 1.11 bits per heavy atom. The van der Waals surface area contributed by atoms with E-state index >= 15 is 0 Å². The summed E-state index contributed by atoms with van der Waals surface area (Å²) in [7, 11) is 0. The summed E-state index contributed by atoms with van der Waals surface area (Å²) in [6.07, 6.45) is 4.67. The maximum atomic E-state index is 15.0. The Bertz CT molecular complexity index is 1440. The number of likely N-dealkylation sites (tertiary alicyclic amines) is 1. The third kappa shape index (κ3) is 5.63. The maximum Gasteiger partial charge on any atom is 0.253 e. The summed E-state index contributed by atoms with van der Waals surface area (Å²) in [5.74, 6) is -2.38. The maximum absolute atomic E-state index is 15.0. The summed E-state index contributed by atoms with van der Waals surface area (Å²) in [5, 5.41) is 10.7. The second kappa shape index (κ2) is 13.3. The van der Waals surface area contributed by atoms with E-state index in [9.17, 15) is 19.5 Å². The Hall–Kier alpha value is -3.75. The van der Waals surface area contributed by atoms with Crippen molar-refractivity contribution in [3.05, 3.63) is 90.5 Å². The molecule has 1 spiro atoms. The highest BCUT2D eigenvalue weighted by molar-refractivity contribution is 6.05. The number of carbonyl (C=O) groups is 3. The molecule has 3 amide bonds. The molecule has 2 aromatic rings. The van der Waals surface area contributed by atoms with Gasteiger partial charge in [-0.2, -0.15) is 0 Å². The number of aliphatic hydroxyl groups excluding tert-OH is 1. The SMILES string of the molecule is C=CCN(Cc1ccccc1)C(=O)[C@@H]1[C@H]2C(=O)N([C@@H](CO)[C@@H](C)CC)C(C(=O)N(CC=C)c3cc(C)ccc3C)C23CC[C@H]1O3. The third-order valence-corrected chi connectivity index (χ3v) is 10.2. The molecule has 8 heteroatoms. The molecule has 1 N–H and O–H groups in total. The first kappa shape index (κ1) is 32.6. The van der Waals surface area contributed by atoms with E-state index in [1.165, 1.54) is 0 Å². The van der Waals surface area contributed by atoms with Gasteiger partial charge in [0.2, 0.25) is 11.8 Å². The van der Waals surface area contributed by atoms with Crippen molar-refractivity contribution in [2.75, 3.05) is 24.6 Å². The smallest absolute Gasteiger partial charge is 0.253 e. The van der Waals surface area contributed by atoms with Crippen LogP contribution in [-0.2, 0) is 25.7 Å². The van der Waals surface area contributed by atoms with Crippen molar-refractivity contribution >= 4 is 23.4 Å². The van der Waals surface area contributed by atoms with Gasteiger partial charge in [-0.25, -0.2) is 0 Å². The van der Waals surface area contributed by atoms with E-state index in [1.807, 2.05) is 76.2 Å². The molecule has 0 aliphatic carbocycles. The minimum Gasteiger partial charge on any atom is -0.394 e. The zero-order valence-electron chi connectivity index (χ0n) is 27.0. The van der Waals surface area contributed by atoms with Gasteiger partial charge < -0.3 is 24.5 Å². The first-order chi connectivity index (χ1) is 21.6. The van der Waals surface area contributed by atoms with Crippen LogP contribution < -0.4 is 4.90 Å². The lowest BCUT2D eigenvalue weighted by Crippen LogP contribution is -2.60. The van der Waals surface area contributed by atoms with Crippen molar-refractivity contribution in [3.8, 4) is 0 Å². The van der Waals surface area contributed by atoms with Crippen molar-refractivity contribution in [2.45, 2.75) is 77.3 Å². The van der Waals surface area contributed by atoms with Gasteiger partial charge in [-0.05, 0) is 55.4 Å². The quantitative estimate of drug-likeness (QED) is 0.328. The van der Waals surface area contributed by atoms with E-state index in [2.05, 4.69) is 13.2 Å². The standard InChI is InChI=1S/C37H47N3O5/c1-7-19-38(22-27-13-11-10-12-14-27)34(42)31-30-17-18-37(45-30)32(31)35(43)40(29(23-41)25(5)9-3)33(37)36(44)39(20-8-2)28-21-24(4)15-16-26(28)6/h7-8,10-16,21,25,29-33,41H,1-2,9,17-20,22-23H2,3-6H3/t25-,29-,30+,31-,32-,33?,37?/m0/s1. The Balaban J connectivity index is 1.60. The summed E-state index contributed by atoms with van der Waals surface area (Å²) < 4.78 is 6.77. The Morgan fingerprint density at radius 2 is 1.82 bits per heavy atom. The number of amides is 3. The second-order valence-corrected chi connectivity index (χ2v) is 13.0. The first-order valence-corrected chi connectivity index (χ1v) is 16.2. The van der Waals surface area contributed by atoms with Crippen LogP contribution in [-0.4, -0.2) is 76.1 Å². The van der Waals surface area contributed by atoms with Gasteiger partial charge in [0.25, 0.3) is 5.91 Å². The molecule has 45 heavy (non-hydrogen) atoms. The Morgan fingerprint density at radius 3 is 2.47 bits per heavy atom. The van der Waals surface area contributed by atoms with Gasteiger partial charge in [-0.15, -0.1) is 13.2 Å². The second-order valence-electron chi connectivity index (χ2n) is 13.0. The summed E-state index contributed by atoms with van der Waals surface area (Å²) in [5.41, 5.74) is 2.47. The molecule has 3 aliphatic heterocycles. The monoisotopic (exact) mass is 613 g/mol. The van der Waals surface area contributed by atoms with Gasteiger partial charge in [-0.1, -0.05) is 74.9 Å². The van der Waals surface area contributed by atoms with Crippen LogP contribution in [0.1, 0.15) is 49.8 Å². The van der Waals surface area contributed by atoms with Crippen LogP contribution in [0.3, 0.4) is 0 Å². The van der Waals surface area contributed by atoms with Gasteiger partial charge in [0.1, 0.15) is 11.6 Å². The third-order valence-electron chi connectivity index (χ3n) is 10.2. The fraction of sp³-hybridized carbons (Fsp3) is 0.486. The number of hydrogen-bond donors (Lipinski definition) is 1. The predicted molar refractivity (Wildman–Crippen MR) is 175 cm³/mol. The van der Waals surface area contributed by atoms with E-state index in [1.54, 1.807) is 26.9 Å². The van der Waals surface area contributed by atoms with Crippen molar-refractivity contribution in [2.24, 2.45) is 17.8 Å². The summed E-state index contributed by atoms with van der Waals surface area (Å²) in [6, 6.07) is 14.1. The molecule has 3 heterocycles. The van der Waals surface area contributed by atoms with Crippen LogP contribution >= 0.6 is 0 Å². The Labute approximate surface area is 267 Å². The van der Waals surface area contributed by atoms with Crippen molar-refractivity contribution < 1.29 is 24.2 Å². The lowest BCUT2D eigenvalue weighted by atomic mass is 9.70. The number of hydrogen-bond acceptors (Lipinski definition) is 5. The molecule has 240 valence electrons. The molecule has 0 radical (unpaired) electrons. The number of aryl methyl sites for hydroxylation is 2. The number of ether oxygens (including phenoxy) is 1. The number of fused-ring (bicyclic) bond motifs is 1. The highest BCUT2D eigenvalue weighted by Crippen LogP contribution is 2.59. The van der Waals surface area contributed by atoms with Crippen molar-refractivity contribution in [1.82, 2.24) is 9.80 Å². The highest BCUT2D eigenvalue weighted by Gasteiger charge is 2.75. The van der Waals surface area contributed by atoms with Crippen LogP contribution in [0, 0.1) is 31.6 Å². The summed E-state index contributed by atoms with van der Waals surface area (Å²) >= 11 is 0. The summed E-state index contributed by atoms with van der Waals surface area (Å²) in [4.78, 5) is 49.2. The molecule has 8 nitrogen and oxygen atoms in total. The fourth-order valence-electron chi connectivity index (χ4n) is 7.82. The van der Waals surface area contributed by atoms with Crippen LogP contribution in [0.25, 0.3) is 0 Å². The van der Waals surface area contributed by atoms with Gasteiger partial charge >= 0.3 is 0 Å². The molecule has 0 aromatic heterocycles. The molecule has 2 aromatic carbocycles. The zero-order chi connectivity index (χ0) is 32.5. The topological polar surface area (TPSA) is 90.4 Å².